The van der Waals surface area contributed by atoms with Gasteiger partial charge >= 0.3 is 17.9 Å². The first-order valence-electron chi connectivity index (χ1n) is 16.0. The molecule has 38 heavy (non-hydrogen) atoms. The molecular weight excluding hydrogens is 480 g/mol. The number of rotatable bonds is 28. The van der Waals surface area contributed by atoms with E-state index in [0.717, 1.165) is 70.6 Å². The molecule has 0 aliphatic carbocycles. The van der Waals surface area contributed by atoms with E-state index in [1.54, 1.807) is 0 Å². The number of hydrogen-bond donors (Lipinski definition) is 3. The standard InChI is InChI=1S/C16H30O4.C16H32O2/c1-2-3-4-8-11-14(16(19)20)12-9-6-5-7-10-13-15(17)18;1-2-3-4-5-6-7-8-9-10-11-12-13-14-15-16(17)18/h14H,2-13H2,1H3,(H,17,18)(H,19,20);2-15H2,1H3,(H,17,18). The van der Waals surface area contributed by atoms with Gasteiger partial charge in [0, 0.05) is 12.8 Å². The number of carboxylic acids is 3. The minimum absolute atomic E-state index is 0.189. The van der Waals surface area contributed by atoms with Crippen molar-refractivity contribution >= 4 is 17.9 Å². The Bertz CT molecular complexity index is 534. The van der Waals surface area contributed by atoms with Crippen LogP contribution in [0.2, 0.25) is 0 Å². The maximum Gasteiger partial charge on any atom is 0.306 e. The van der Waals surface area contributed by atoms with E-state index in [4.69, 9.17) is 15.3 Å². The predicted molar refractivity (Wildman–Crippen MR) is 158 cm³/mol. The van der Waals surface area contributed by atoms with Gasteiger partial charge in [0.2, 0.25) is 0 Å². The van der Waals surface area contributed by atoms with Crippen molar-refractivity contribution in [3.63, 3.8) is 0 Å². The van der Waals surface area contributed by atoms with Gasteiger partial charge in [0.1, 0.15) is 0 Å². The van der Waals surface area contributed by atoms with Crippen molar-refractivity contribution in [1.82, 2.24) is 0 Å². The van der Waals surface area contributed by atoms with E-state index in [9.17, 15) is 14.4 Å². The first-order chi connectivity index (χ1) is 18.3. The summed E-state index contributed by atoms with van der Waals surface area (Å²) in [5.41, 5.74) is 0. The van der Waals surface area contributed by atoms with Crippen molar-refractivity contribution < 1.29 is 29.7 Å². The topological polar surface area (TPSA) is 112 Å². The summed E-state index contributed by atoms with van der Waals surface area (Å²) in [5, 5.41) is 26.2. The lowest BCUT2D eigenvalue weighted by Gasteiger charge is -2.11. The van der Waals surface area contributed by atoms with E-state index in [-0.39, 0.29) is 12.3 Å². The van der Waals surface area contributed by atoms with Gasteiger partial charge in [-0.3, -0.25) is 14.4 Å². The number of carboxylic acid groups (broad SMARTS) is 3. The van der Waals surface area contributed by atoms with Crippen LogP contribution in [0.4, 0.5) is 0 Å². The summed E-state index contributed by atoms with van der Waals surface area (Å²) < 4.78 is 0. The summed E-state index contributed by atoms with van der Waals surface area (Å²) >= 11 is 0. The molecule has 6 heteroatoms. The van der Waals surface area contributed by atoms with E-state index in [2.05, 4.69) is 13.8 Å². The van der Waals surface area contributed by atoms with Crippen LogP contribution in [0.25, 0.3) is 0 Å². The van der Waals surface area contributed by atoms with Crippen molar-refractivity contribution in [1.29, 1.82) is 0 Å². The predicted octanol–water partition coefficient (Wildman–Crippen LogP) is 10.0. The number of hydrogen-bond acceptors (Lipinski definition) is 3. The third-order valence-corrected chi connectivity index (χ3v) is 7.19. The number of aliphatic carboxylic acids is 3. The Balaban J connectivity index is 0. The van der Waals surface area contributed by atoms with Crippen LogP contribution in [0.15, 0.2) is 0 Å². The molecule has 0 radical (unpaired) electrons. The third kappa shape index (κ3) is 34.4. The molecule has 0 saturated carbocycles. The van der Waals surface area contributed by atoms with Gasteiger partial charge in [0.05, 0.1) is 5.92 Å². The quantitative estimate of drug-likeness (QED) is 0.0848. The fourth-order valence-electron chi connectivity index (χ4n) is 4.70. The van der Waals surface area contributed by atoms with Crippen molar-refractivity contribution in [2.75, 3.05) is 0 Å². The fourth-order valence-corrected chi connectivity index (χ4v) is 4.70. The molecule has 1 atom stereocenters. The highest BCUT2D eigenvalue weighted by molar-refractivity contribution is 5.69. The Hall–Kier alpha value is -1.59. The van der Waals surface area contributed by atoms with Gasteiger partial charge in [0.15, 0.2) is 0 Å². The second kappa shape index (κ2) is 31.6. The van der Waals surface area contributed by atoms with Crippen LogP contribution >= 0.6 is 0 Å². The smallest absolute Gasteiger partial charge is 0.306 e. The molecule has 0 aromatic rings. The van der Waals surface area contributed by atoms with E-state index in [1.165, 1.54) is 83.5 Å². The molecule has 0 aliphatic heterocycles. The zero-order valence-electron chi connectivity index (χ0n) is 25.0. The van der Waals surface area contributed by atoms with Crippen LogP contribution in [-0.2, 0) is 14.4 Å². The Labute approximate surface area is 234 Å². The maximum atomic E-state index is 11.1. The first kappa shape index (κ1) is 38.6. The second-order valence-corrected chi connectivity index (χ2v) is 11.0. The molecule has 0 fully saturated rings. The summed E-state index contributed by atoms with van der Waals surface area (Å²) in [7, 11) is 0. The molecule has 226 valence electrons. The van der Waals surface area contributed by atoms with Crippen LogP contribution in [0.5, 0.6) is 0 Å². The van der Waals surface area contributed by atoms with Crippen molar-refractivity contribution in [2.45, 2.75) is 181 Å². The number of unbranched alkanes of at least 4 members (excludes halogenated alkanes) is 19. The number of carbonyl (C=O) groups is 3. The van der Waals surface area contributed by atoms with Crippen LogP contribution in [0.3, 0.4) is 0 Å². The molecule has 6 nitrogen and oxygen atoms in total. The molecule has 0 bridgehead atoms. The minimum atomic E-state index is -0.733. The van der Waals surface area contributed by atoms with Gasteiger partial charge in [-0.15, -0.1) is 0 Å². The normalized spacial score (nSPS) is 11.5. The SMILES string of the molecule is CCCCCCC(CCCCCCCC(=O)O)C(=O)O.CCCCCCCCCCCCCCCC(=O)O. The highest BCUT2D eigenvalue weighted by Gasteiger charge is 2.16. The Kier molecular flexibility index (Phi) is 32.1. The molecular formula is C32H62O6. The monoisotopic (exact) mass is 542 g/mol. The highest BCUT2D eigenvalue weighted by Crippen LogP contribution is 2.19. The summed E-state index contributed by atoms with van der Waals surface area (Å²) in [4.78, 5) is 31.8. The van der Waals surface area contributed by atoms with Gasteiger partial charge in [-0.2, -0.15) is 0 Å². The molecule has 0 saturated heterocycles. The van der Waals surface area contributed by atoms with Crippen molar-refractivity contribution in [2.24, 2.45) is 5.92 Å². The lowest BCUT2D eigenvalue weighted by atomic mass is 9.94. The molecule has 0 aliphatic rings. The summed E-state index contributed by atoms with van der Waals surface area (Å²) in [5.74, 6) is -2.24. The zero-order chi connectivity index (χ0) is 28.7. The molecule has 0 spiro atoms. The molecule has 0 amide bonds. The lowest BCUT2D eigenvalue weighted by Crippen LogP contribution is -2.13. The van der Waals surface area contributed by atoms with Gasteiger partial charge < -0.3 is 15.3 Å². The highest BCUT2D eigenvalue weighted by atomic mass is 16.4. The Morgan fingerprint density at radius 2 is 0.684 bits per heavy atom. The van der Waals surface area contributed by atoms with E-state index < -0.39 is 17.9 Å². The summed E-state index contributed by atoms with van der Waals surface area (Å²) in [6.45, 7) is 4.41. The van der Waals surface area contributed by atoms with E-state index in [0.29, 0.717) is 6.42 Å². The van der Waals surface area contributed by atoms with Crippen LogP contribution in [0, 0.1) is 5.92 Å². The van der Waals surface area contributed by atoms with Gasteiger partial charge in [0.25, 0.3) is 0 Å². The van der Waals surface area contributed by atoms with Crippen LogP contribution < -0.4 is 0 Å². The average Bonchev–Trinajstić information content (AvgIpc) is 2.87. The zero-order valence-corrected chi connectivity index (χ0v) is 25.0. The van der Waals surface area contributed by atoms with E-state index in [1.807, 2.05) is 0 Å². The lowest BCUT2D eigenvalue weighted by molar-refractivity contribution is -0.142. The largest absolute Gasteiger partial charge is 0.481 e. The average molecular weight is 543 g/mol. The van der Waals surface area contributed by atoms with Crippen molar-refractivity contribution in [3.05, 3.63) is 0 Å². The Morgan fingerprint density at radius 1 is 0.421 bits per heavy atom. The second-order valence-electron chi connectivity index (χ2n) is 11.0. The molecule has 0 aromatic carbocycles. The summed E-state index contributed by atoms with van der Waals surface area (Å²) in [6.07, 6.45) is 28.2. The van der Waals surface area contributed by atoms with Gasteiger partial charge in [-0.05, 0) is 25.7 Å². The van der Waals surface area contributed by atoms with E-state index >= 15 is 0 Å². The maximum absolute atomic E-state index is 11.1. The first-order valence-corrected chi connectivity index (χ1v) is 16.0. The van der Waals surface area contributed by atoms with Gasteiger partial charge in [-0.1, -0.05) is 142 Å². The fraction of sp³-hybridized carbons (Fsp3) is 0.906. The molecule has 1 unspecified atom stereocenters. The van der Waals surface area contributed by atoms with Crippen molar-refractivity contribution in [3.8, 4) is 0 Å². The van der Waals surface area contributed by atoms with Gasteiger partial charge in [-0.25, -0.2) is 0 Å². The molecule has 0 rings (SSSR count). The Morgan fingerprint density at radius 3 is 0.974 bits per heavy atom. The summed E-state index contributed by atoms with van der Waals surface area (Å²) in [6, 6.07) is 0. The third-order valence-electron chi connectivity index (χ3n) is 7.19. The minimum Gasteiger partial charge on any atom is -0.481 e. The molecule has 0 aromatic heterocycles. The molecule has 3 N–H and O–H groups in total. The van der Waals surface area contributed by atoms with Crippen LogP contribution in [-0.4, -0.2) is 33.2 Å². The molecule has 0 heterocycles. The van der Waals surface area contributed by atoms with Crippen LogP contribution in [0.1, 0.15) is 181 Å².